The summed E-state index contributed by atoms with van der Waals surface area (Å²) < 4.78 is 4.83. The Morgan fingerprint density at radius 1 is 1.44 bits per heavy atom. The van der Waals surface area contributed by atoms with Gasteiger partial charge >= 0.3 is 29.6 Å². The molecule has 0 aromatic carbocycles. The van der Waals surface area contributed by atoms with Gasteiger partial charge in [-0.1, -0.05) is 5.16 Å². The average molecular weight is 519 g/mol. The van der Waals surface area contributed by atoms with E-state index in [0.29, 0.717) is 18.8 Å². The molecule has 34 heavy (non-hydrogen) atoms. The zero-order chi connectivity index (χ0) is 23.8. The molecular formula is C18H19N6NaO7S2. The maximum atomic E-state index is 13.3. The molecule has 0 bridgehead atoms. The van der Waals surface area contributed by atoms with Crippen molar-refractivity contribution in [3.8, 4) is 0 Å². The van der Waals surface area contributed by atoms with Gasteiger partial charge in [-0.05, 0) is 12.8 Å². The van der Waals surface area contributed by atoms with Crippen LogP contribution >= 0.6 is 23.1 Å². The van der Waals surface area contributed by atoms with Crippen molar-refractivity contribution in [2.24, 2.45) is 5.16 Å². The molecule has 2 atom stereocenters. The summed E-state index contributed by atoms with van der Waals surface area (Å²) in [5, 5.41) is 27.4. The molecule has 0 saturated carbocycles. The van der Waals surface area contributed by atoms with Gasteiger partial charge < -0.3 is 35.8 Å². The number of ether oxygens (including phenoxy) is 1. The number of oxime groups is 1. The van der Waals surface area contributed by atoms with E-state index in [-0.39, 0.29) is 58.3 Å². The van der Waals surface area contributed by atoms with Gasteiger partial charge in [0.15, 0.2) is 16.4 Å². The molecule has 4 N–H and O–H groups in total. The van der Waals surface area contributed by atoms with Crippen LogP contribution in [0.2, 0.25) is 0 Å². The van der Waals surface area contributed by atoms with E-state index in [9.17, 15) is 29.5 Å². The molecule has 0 radical (unpaired) electrons. The first-order valence-electron chi connectivity index (χ1n) is 9.80. The summed E-state index contributed by atoms with van der Waals surface area (Å²) in [6, 6.07) is 0. The number of carbonyl (C=O) groups excluding carboxylic acids is 4. The number of likely N-dealkylation sites (tertiary alicyclic amines) is 1. The van der Waals surface area contributed by atoms with Gasteiger partial charge in [0.1, 0.15) is 17.7 Å². The van der Waals surface area contributed by atoms with Crippen molar-refractivity contribution in [2.45, 2.75) is 23.8 Å². The Morgan fingerprint density at radius 3 is 2.71 bits per heavy atom. The Morgan fingerprint density at radius 2 is 2.15 bits per heavy atom. The summed E-state index contributed by atoms with van der Waals surface area (Å²) in [6.07, 6.45) is 1.81. The van der Waals surface area contributed by atoms with Crippen LogP contribution in [0.15, 0.2) is 21.9 Å². The number of aliphatic carboxylic acids is 1. The molecule has 4 rings (SSSR count). The van der Waals surface area contributed by atoms with Crippen molar-refractivity contribution < 1.29 is 63.8 Å². The molecule has 16 heteroatoms. The van der Waals surface area contributed by atoms with Crippen LogP contribution in [0.3, 0.4) is 0 Å². The fourth-order valence-corrected chi connectivity index (χ4v) is 6.19. The second-order valence-corrected chi connectivity index (χ2v) is 9.43. The SMILES string of the molecule is Nc1nc(/C(=N/O)C(=O)NC2(COC=O)C(=O)N3C(C(=O)[O-])=C(N4CCCC4)CS[C@H]32)cs1.[Na+]. The van der Waals surface area contributed by atoms with E-state index < -0.39 is 41.0 Å². The largest absolute Gasteiger partial charge is 1.00 e. The van der Waals surface area contributed by atoms with Crippen LogP contribution in [-0.4, -0.2) is 86.3 Å². The number of amides is 2. The fourth-order valence-electron chi connectivity index (χ4n) is 4.15. The predicted molar refractivity (Wildman–Crippen MR) is 114 cm³/mol. The Kier molecular flexibility index (Phi) is 8.13. The van der Waals surface area contributed by atoms with Crippen LogP contribution < -0.4 is 45.7 Å². The van der Waals surface area contributed by atoms with Gasteiger partial charge in [-0.2, -0.15) is 0 Å². The number of anilines is 1. The van der Waals surface area contributed by atoms with Crippen molar-refractivity contribution in [3.05, 3.63) is 22.5 Å². The number of thioether (sulfide) groups is 1. The average Bonchev–Trinajstić information content (AvgIpc) is 3.48. The molecule has 1 unspecified atom stereocenters. The van der Waals surface area contributed by atoms with E-state index in [0.717, 1.165) is 29.1 Å². The number of nitrogens with one attached hydrogen (secondary N) is 1. The third kappa shape index (κ3) is 4.37. The predicted octanol–water partition coefficient (Wildman–Crippen LogP) is -5.09. The summed E-state index contributed by atoms with van der Waals surface area (Å²) in [4.78, 5) is 55.9. The van der Waals surface area contributed by atoms with Crippen molar-refractivity contribution in [1.82, 2.24) is 20.1 Å². The van der Waals surface area contributed by atoms with E-state index >= 15 is 0 Å². The molecular weight excluding hydrogens is 499 g/mol. The van der Waals surface area contributed by atoms with Crippen LogP contribution in [0.4, 0.5) is 5.13 Å². The van der Waals surface area contributed by atoms with Crippen LogP contribution in [-0.2, 0) is 23.9 Å². The summed E-state index contributed by atoms with van der Waals surface area (Å²) in [5.41, 5.74) is 3.48. The number of rotatable bonds is 8. The number of β-lactam (4-membered cyclic amide) rings is 1. The minimum absolute atomic E-state index is 0. The zero-order valence-corrected chi connectivity index (χ0v) is 21.7. The summed E-state index contributed by atoms with van der Waals surface area (Å²) in [7, 11) is 0. The molecule has 0 spiro atoms. The smallest absolute Gasteiger partial charge is 0.543 e. The Labute approximate surface area is 223 Å². The maximum absolute atomic E-state index is 13.3. The number of nitrogen functional groups attached to an aromatic ring is 1. The molecule has 13 nitrogen and oxygen atoms in total. The van der Waals surface area contributed by atoms with Gasteiger partial charge in [-0.25, -0.2) is 4.98 Å². The fraction of sp³-hybridized carbons (Fsp3) is 0.444. The monoisotopic (exact) mass is 518 g/mol. The van der Waals surface area contributed by atoms with Gasteiger partial charge in [-0.3, -0.25) is 19.3 Å². The number of thiazole rings is 1. The quantitative estimate of drug-likeness (QED) is 0.0745. The van der Waals surface area contributed by atoms with Crippen LogP contribution in [0, 0.1) is 0 Å². The molecule has 176 valence electrons. The third-order valence-electron chi connectivity index (χ3n) is 5.63. The number of hydrogen-bond acceptors (Lipinski definition) is 13. The molecule has 3 aliphatic rings. The van der Waals surface area contributed by atoms with Crippen LogP contribution in [0.5, 0.6) is 0 Å². The summed E-state index contributed by atoms with van der Waals surface area (Å²) in [6.45, 7) is 0.905. The van der Waals surface area contributed by atoms with E-state index in [4.69, 9.17) is 10.5 Å². The second kappa shape index (κ2) is 10.5. The van der Waals surface area contributed by atoms with E-state index in [1.54, 1.807) is 0 Å². The van der Waals surface area contributed by atoms with Gasteiger partial charge in [0, 0.05) is 29.9 Å². The van der Waals surface area contributed by atoms with Crippen LogP contribution in [0.25, 0.3) is 0 Å². The maximum Gasteiger partial charge on any atom is 1.00 e. The number of fused-ring (bicyclic) bond motifs is 1. The molecule has 1 aromatic rings. The number of nitrogens with zero attached hydrogens (tertiary/aromatic N) is 4. The first-order valence-corrected chi connectivity index (χ1v) is 11.7. The van der Waals surface area contributed by atoms with Gasteiger partial charge in [0.05, 0.1) is 11.7 Å². The summed E-state index contributed by atoms with van der Waals surface area (Å²) in [5.74, 6) is -3.03. The molecule has 3 aliphatic heterocycles. The van der Waals surface area contributed by atoms with E-state index in [1.165, 1.54) is 17.1 Å². The number of carboxylic acids is 1. The molecule has 0 aliphatic carbocycles. The first-order chi connectivity index (χ1) is 15.8. The Balaban J connectivity index is 0.00000324. The Hall–Kier alpha value is -2.33. The van der Waals surface area contributed by atoms with Crippen molar-refractivity contribution in [2.75, 3.05) is 31.2 Å². The second-order valence-electron chi connectivity index (χ2n) is 7.47. The van der Waals surface area contributed by atoms with Crippen molar-refractivity contribution in [1.29, 1.82) is 0 Å². The summed E-state index contributed by atoms with van der Waals surface area (Å²) >= 11 is 2.23. The minimum atomic E-state index is -1.78. The molecule has 2 saturated heterocycles. The van der Waals surface area contributed by atoms with Gasteiger partial charge in [0.25, 0.3) is 18.3 Å². The number of carbonyl (C=O) groups is 4. The molecule has 2 amide bonds. The van der Waals surface area contributed by atoms with Crippen molar-refractivity contribution in [3.63, 3.8) is 0 Å². The standard InChI is InChI=1S/C18H20N6O7S2.Na/c19-17-20-9(5-33-17)11(22-30)13(26)21-18(7-31-8-25)15(29)24-12(14(27)28)10(6-32-16(18)24)23-3-1-2-4-23;/h5,8,16,30H,1-4,6-7H2,(H2,19,20)(H,21,26)(H,27,28);/q;+1/p-1/b22-11-;/t16-,18?;/m0./s1. The van der Waals surface area contributed by atoms with Gasteiger partial charge in [-0.15, -0.1) is 23.1 Å². The number of nitrogens with two attached hydrogens (primary N) is 1. The van der Waals surface area contributed by atoms with E-state index in [2.05, 4.69) is 15.5 Å². The number of hydrogen-bond donors (Lipinski definition) is 3. The topological polar surface area (TPSA) is 191 Å². The number of aromatic nitrogens is 1. The zero-order valence-electron chi connectivity index (χ0n) is 18.1. The first kappa shape index (κ1) is 26.3. The van der Waals surface area contributed by atoms with Gasteiger partial charge in [0.2, 0.25) is 0 Å². The number of carboxylic acid groups (broad SMARTS) is 1. The molecule has 4 heterocycles. The van der Waals surface area contributed by atoms with Crippen molar-refractivity contribution >= 4 is 58.2 Å². The molecule has 2 fully saturated rings. The minimum Gasteiger partial charge on any atom is -0.543 e. The van der Waals surface area contributed by atoms with Crippen LogP contribution in [0.1, 0.15) is 18.5 Å². The van der Waals surface area contributed by atoms with E-state index in [1.807, 2.05) is 4.90 Å². The normalized spacial score (nSPS) is 24.2. The Bertz CT molecular complexity index is 1070. The molecule has 1 aromatic heterocycles. The third-order valence-corrected chi connectivity index (χ3v) is 7.67.